The molecular weight excluding hydrogens is 502 g/mol. The van der Waals surface area contributed by atoms with Crippen LogP contribution in [0.5, 0.6) is 0 Å². The normalized spacial score (nSPS) is 13.7. The summed E-state index contributed by atoms with van der Waals surface area (Å²) in [6, 6.07) is 6.88. The summed E-state index contributed by atoms with van der Waals surface area (Å²) in [5.41, 5.74) is 0.798. The van der Waals surface area contributed by atoms with E-state index in [9.17, 15) is 22.8 Å². The third kappa shape index (κ3) is 4.72. The molecule has 0 saturated heterocycles. The molecule has 0 aliphatic heterocycles. The number of halogens is 2. The van der Waals surface area contributed by atoms with E-state index in [0.717, 1.165) is 24.1 Å². The van der Waals surface area contributed by atoms with Crippen LogP contribution in [-0.4, -0.2) is 34.9 Å². The number of carbonyl (C=O) groups excluding carboxylic acids is 1. The standard InChI is InChI=1S/C26H23F2N4O4S/c1-2-3-10-37(35,36)32(34)22-7-6-20(27)23(24(22)28)25(33)19-14-31-26-18(19)11-17(13-30-26)16-8-9-29-21(12-16)15-4-5-15/h6-9,11-15H,2-5,10H2,1H3,(H,30,31)/q-1. The molecule has 1 N–H and O–H groups in total. The predicted octanol–water partition coefficient (Wildman–Crippen LogP) is 5.45. The Balaban J connectivity index is 1.54. The van der Waals surface area contributed by atoms with E-state index in [4.69, 9.17) is 0 Å². The second kappa shape index (κ2) is 9.64. The SMILES string of the molecule is CCCCS(=O)(=O)N([O-])c1ccc(F)c(C(=O)c2c[nH]c3ncc(-c4ccnc(C5CC5)c4)cc23)c1F. The zero-order valence-electron chi connectivity index (χ0n) is 19.9. The fourth-order valence-corrected chi connectivity index (χ4v) is 5.42. The molecule has 1 aliphatic rings. The predicted molar refractivity (Wildman–Crippen MR) is 136 cm³/mol. The number of pyridine rings is 2. The highest BCUT2D eigenvalue weighted by Crippen LogP contribution is 2.40. The van der Waals surface area contributed by atoms with Crippen LogP contribution < -0.4 is 4.47 Å². The van der Waals surface area contributed by atoms with Gasteiger partial charge in [-0.3, -0.25) is 9.78 Å². The number of benzene rings is 1. The van der Waals surface area contributed by atoms with Gasteiger partial charge >= 0.3 is 0 Å². The molecule has 1 fully saturated rings. The van der Waals surface area contributed by atoms with Gasteiger partial charge in [0.1, 0.15) is 11.5 Å². The molecule has 0 radical (unpaired) electrons. The molecular formula is C26H23F2N4O4S-. The number of anilines is 1. The van der Waals surface area contributed by atoms with Crippen LogP contribution in [0.15, 0.2) is 48.9 Å². The number of fused-ring (bicyclic) bond motifs is 1. The Morgan fingerprint density at radius 2 is 1.95 bits per heavy atom. The lowest BCUT2D eigenvalue weighted by Gasteiger charge is -2.30. The Morgan fingerprint density at radius 3 is 2.68 bits per heavy atom. The van der Waals surface area contributed by atoms with Crippen molar-refractivity contribution in [3.63, 3.8) is 0 Å². The molecule has 0 amide bonds. The first-order valence-corrected chi connectivity index (χ1v) is 13.5. The maximum absolute atomic E-state index is 15.3. The average molecular weight is 526 g/mol. The van der Waals surface area contributed by atoms with Crippen LogP contribution in [0, 0.1) is 16.8 Å². The molecule has 37 heavy (non-hydrogen) atoms. The lowest BCUT2D eigenvalue weighted by atomic mass is 9.99. The molecule has 4 aromatic rings. The molecule has 1 aromatic carbocycles. The van der Waals surface area contributed by atoms with Crippen molar-refractivity contribution in [3.8, 4) is 11.1 Å². The Labute approximate surface area is 212 Å². The smallest absolute Gasteiger partial charge is 0.225 e. The Morgan fingerprint density at radius 1 is 1.16 bits per heavy atom. The maximum Gasteiger partial charge on any atom is 0.225 e. The van der Waals surface area contributed by atoms with Crippen molar-refractivity contribution in [3.05, 3.63) is 82.6 Å². The summed E-state index contributed by atoms with van der Waals surface area (Å²) in [6.45, 7) is 1.74. The first-order chi connectivity index (χ1) is 17.7. The van der Waals surface area contributed by atoms with Gasteiger partial charge in [0.2, 0.25) is 15.8 Å². The number of aromatic amines is 1. The van der Waals surface area contributed by atoms with Gasteiger partial charge in [-0.1, -0.05) is 13.3 Å². The molecule has 3 aromatic heterocycles. The van der Waals surface area contributed by atoms with Gasteiger partial charge in [-0.2, -0.15) is 0 Å². The highest BCUT2D eigenvalue weighted by atomic mass is 32.2. The third-order valence-corrected chi connectivity index (χ3v) is 7.90. The molecule has 0 atom stereocenters. The van der Waals surface area contributed by atoms with Gasteiger partial charge in [0, 0.05) is 46.7 Å². The first-order valence-electron chi connectivity index (χ1n) is 11.9. The van der Waals surface area contributed by atoms with Crippen LogP contribution in [0.4, 0.5) is 14.5 Å². The number of rotatable bonds is 9. The van der Waals surface area contributed by atoms with Crippen molar-refractivity contribution < 1.29 is 22.0 Å². The Kier molecular flexibility index (Phi) is 6.50. The van der Waals surface area contributed by atoms with Crippen LogP contribution in [0.2, 0.25) is 0 Å². The summed E-state index contributed by atoms with van der Waals surface area (Å²) in [5, 5.41) is 12.8. The topological polar surface area (TPSA) is 119 Å². The fraction of sp³-hybridized carbons (Fsp3) is 0.269. The van der Waals surface area contributed by atoms with E-state index in [2.05, 4.69) is 15.0 Å². The number of ketones is 1. The van der Waals surface area contributed by atoms with E-state index in [0.29, 0.717) is 41.1 Å². The largest absolute Gasteiger partial charge is 0.744 e. The fourth-order valence-electron chi connectivity index (χ4n) is 4.16. The van der Waals surface area contributed by atoms with Gasteiger partial charge in [-0.25, -0.2) is 22.2 Å². The quantitative estimate of drug-likeness (QED) is 0.229. The van der Waals surface area contributed by atoms with Crippen LogP contribution in [0.3, 0.4) is 0 Å². The number of hydrogen-bond donors (Lipinski definition) is 1. The van der Waals surface area contributed by atoms with Gasteiger partial charge in [-0.05, 0) is 55.2 Å². The van der Waals surface area contributed by atoms with Crippen molar-refractivity contribution >= 4 is 32.5 Å². The molecule has 192 valence electrons. The number of hydrogen-bond acceptors (Lipinski definition) is 6. The van der Waals surface area contributed by atoms with Crippen molar-refractivity contribution in [2.45, 2.75) is 38.5 Å². The first kappa shape index (κ1) is 25.0. The summed E-state index contributed by atoms with van der Waals surface area (Å²) in [4.78, 5) is 24.9. The summed E-state index contributed by atoms with van der Waals surface area (Å²) < 4.78 is 54.2. The molecule has 11 heteroatoms. The van der Waals surface area contributed by atoms with Crippen LogP contribution in [0.1, 0.15) is 60.1 Å². The molecule has 0 unspecified atom stereocenters. The van der Waals surface area contributed by atoms with E-state index >= 15 is 4.39 Å². The van der Waals surface area contributed by atoms with E-state index in [1.807, 2.05) is 12.1 Å². The van der Waals surface area contributed by atoms with Crippen LogP contribution in [-0.2, 0) is 10.0 Å². The third-order valence-electron chi connectivity index (χ3n) is 6.39. The number of unbranched alkanes of at least 4 members (excludes halogenated alkanes) is 1. The summed E-state index contributed by atoms with van der Waals surface area (Å²) in [5.74, 6) is -3.86. The number of nitrogens with one attached hydrogen (secondary N) is 1. The van der Waals surface area contributed by atoms with E-state index in [1.54, 1.807) is 25.4 Å². The molecule has 0 bridgehead atoms. The monoisotopic (exact) mass is 525 g/mol. The van der Waals surface area contributed by atoms with Crippen molar-refractivity contribution in [2.75, 3.05) is 10.2 Å². The second-order valence-corrected chi connectivity index (χ2v) is 11.0. The number of aromatic nitrogens is 3. The molecule has 5 rings (SSSR count). The van der Waals surface area contributed by atoms with Gasteiger partial charge in [0.25, 0.3) is 0 Å². The summed E-state index contributed by atoms with van der Waals surface area (Å²) >= 11 is 0. The van der Waals surface area contributed by atoms with Crippen molar-refractivity contribution in [1.29, 1.82) is 0 Å². The van der Waals surface area contributed by atoms with Gasteiger partial charge in [0.05, 0.1) is 17.0 Å². The average Bonchev–Trinajstić information content (AvgIpc) is 3.66. The summed E-state index contributed by atoms with van der Waals surface area (Å²) in [7, 11) is -4.40. The Hall–Kier alpha value is -3.70. The Bertz CT molecular complexity index is 1620. The molecule has 1 aliphatic carbocycles. The zero-order valence-corrected chi connectivity index (χ0v) is 20.7. The van der Waals surface area contributed by atoms with Gasteiger partial charge < -0.3 is 14.7 Å². The van der Waals surface area contributed by atoms with Gasteiger partial charge in [0.15, 0.2) is 5.82 Å². The number of nitrogens with zero attached hydrogens (tertiary/aromatic N) is 3. The minimum Gasteiger partial charge on any atom is -0.744 e. The second-order valence-electron chi connectivity index (χ2n) is 9.05. The highest BCUT2D eigenvalue weighted by Gasteiger charge is 2.28. The highest BCUT2D eigenvalue weighted by molar-refractivity contribution is 7.92. The van der Waals surface area contributed by atoms with Crippen LogP contribution in [0.25, 0.3) is 22.2 Å². The van der Waals surface area contributed by atoms with E-state index in [-0.39, 0.29) is 12.0 Å². The minimum absolute atomic E-state index is 0.0675. The molecule has 3 heterocycles. The molecule has 1 saturated carbocycles. The maximum atomic E-state index is 15.3. The van der Waals surface area contributed by atoms with Crippen molar-refractivity contribution in [2.24, 2.45) is 0 Å². The zero-order chi connectivity index (χ0) is 26.3. The summed E-state index contributed by atoms with van der Waals surface area (Å²) in [6.07, 6.45) is 7.47. The minimum atomic E-state index is -4.40. The lowest BCUT2D eigenvalue weighted by molar-refractivity contribution is 0.103. The van der Waals surface area contributed by atoms with E-state index in [1.165, 1.54) is 6.20 Å². The number of carbonyl (C=O) groups is 1. The molecule has 0 spiro atoms. The van der Waals surface area contributed by atoms with E-state index < -0.39 is 48.9 Å². The molecule has 8 nitrogen and oxygen atoms in total. The lowest BCUT2D eigenvalue weighted by Crippen LogP contribution is -2.28. The van der Waals surface area contributed by atoms with Crippen LogP contribution >= 0.6 is 0 Å². The number of sulfonamides is 1. The van der Waals surface area contributed by atoms with Crippen molar-refractivity contribution in [1.82, 2.24) is 15.0 Å². The number of H-pyrrole nitrogens is 1. The van der Waals surface area contributed by atoms with Gasteiger partial charge in [-0.15, -0.1) is 0 Å².